The van der Waals surface area contributed by atoms with Crippen LogP contribution in [0.15, 0.2) is 388 Å². The van der Waals surface area contributed by atoms with E-state index in [1.165, 1.54) is 21.5 Å². The van der Waals surface area contributed by atoms with Gasteiger partial charge in [0, 0.05) is 99.2 Å². The van der Waals surface area contributed by atoms with Gasteiger partial charge >= 0.3 is 0 Å². The number of hydrogen-bond donors (Lipinski definition) is 0. The van der Waals surface area contributed by atoms with E-state index in [0.717, 1.165) is 133 Å². The molecule has 0 saturated heterocycles. The summed E-state index contributed by atoms with van der Waals surface area (Å²) in [4.78, 5) is 10.1. The summed E-state index contributed by atoms with van der Waals surface area (Å²) in [6.07, 6.45) is 0. The maximum absolute atomic E-state index is 10.8. The highest BCUT2D eigenvalue weighted by molar-refractivity contribution is 6.21. The second kappa shape index (κ2) is 30.8. The third-order valence-corrected chi connectivity index (χ3v) is 23.7. The number of rotatable bonds is 12. The standard InChI is InChI=1S/2C56H32N6/c57-33-40-29-39(56-49(35-59)54(36-15-5-1-6-16-36)48(34-58)55(60-56)37-17-7-2-8-18-37)26-27-43(40)38-25-28-45-47-32-52-46(31-53(47)62(51(45)30-38)42-21-11-4-12-22-42)44-23-13-14-24-50(44)61(52)41-19-9-3-10-20-41;57-33-40-29-39(56-49(35-59)54(36-15-5-1-6-16-36)48(34-58)55(60-56)37-17-7-2-8-18-37)25-27-43(40)38-26-28-51-45(30-38)47-32-52-46(31-53(47)62(51)42-21-11-4-12-22-42)44-23-13-14-24-50(44)61(52)41-19-9-3-10-20-41/h2*1-32H. The van der Waals surface area contributed by atoms with E-state index in [2.05, 4.69) is 261 Å². The first-order valence-corrected chi connectivity index (χ1v) is 40.6. The molecule has 12 heteroatoms. The van der Waals surface area contributed by atoms with Gasteiger partial charge in [0.2, 0.25) is 0 Å². The molecule has 0 saturated carbocycles. The molecule has 0 aliphatic heterocycles. The maximum atomic E-state index is 10.8. The molecule has 16 aromatic carbocycles. The molecule has 0 amide bonds. The molecule has 0 fully saturated rings. The lowest BCUT2D eigenvalue weighted by Gasteiger charge is -2.16. The molecule has 0 aliphatic carbocycles. The zero-order chi connectivity index (χ0) is 83.5. The van der Waals surface area contributed by atoms with E-state index in [-0.39, 0.29) is 11.1 Å². The van der Waals surface area contributed by atoms with E-state index in [1.54, 1.807) is 0 Å². The number of nitriles is 6. The van der Waals surface area contributed by atoms with Crippen LogP contribution in [0.1, 0.15) is 33.4 Å². The minimum Gasteiger partial charge on any atom is -0.309 e. The minimum absolute atomic E-state index is 0.276. The fourth-order valence-corrected chi connectivity index (χ4v) is 18.2. The summed E-state index contributed by atoms with van der Waals surface area (Å²) < 4.78 is 9.33. The lowest BCUT2D eigenvalue weighted by molar-refractivity contribution is 1.17. The summed E-state index contributed by atoms with van der Waals surface area (Å²) in [5.74, 6) is 0. The van der Waals surface area contributed by atoms with Crippen LogP contribution in [0.2, 0.25) is 0 Å². The average Bonchev–Trinajstić information content (AvgIpc) is 1.55. The van der Waals surface area contributed by atoms with Crippen molar-refractivity contribution >= 4 is 87.2 Å². The number of para-hydroxylation sites is 6. The highest BCUT2D eigenvalue weighted by atomic mass is 15.0. The number of benzene rings is 16. The first kappa shape index (κ1) is 73.6. The lowest BCUT2D eigenvalue weighted by atomic mass is 9.88. The number of fused-ring (bicyclic) bond motifs is 12. The number of nitrogens with zero attached hydrogens (tertiary/aromatic N) is 12. The summed E-state index contributed by atoms with van der Waals surface area (Å²) >= 11 is 0. The SMILES string of the molecule is N#Cc1cc(-c2nc(-c3ccccc3)c(C#N)c(-c3ccccc3)c2C#N)ccc1-c1ccc2c(c1)c1cc3c(cc1n2-c1ccccc1)c1ccccc1n3-c1ccccc1.N#Cc1cc(-c2nc(-c3ccccc3)c(C#N)c(-c3ccccc3)c2C#N)ccc1-c1ccc2c3cc4c(cc3n(-c3ccccc3)c2c1)c1ccccc1n4-c1ccccc1. The van der Waals surface area contributed by atoms with Gasteiger partial charge in [-0.1, -0.05) is 273 Å². The number of aromatic nitrogens is 6. The zero-order valence-electron chi connectivity index (χ0n) is 66.3. The van der Waals surface area contributed by atoms with Crippen molar-refractivity contribution < 1.29 is 0 Å². The first-order chi connectivity index (χ1) is 61.3. The fraction of sp³-hybridized carbons (Fsp3) is 0. The molecule has 0 aliphatic rings. The van der Waals surface area contributed by atoms with Gasteiger partial charge in [-0.05, 0) is 149 Å². The van der Waals surface area contributed by atoms with Crippen molar-refractivity contribution in [2.45, 2.75) is 0 Å². The van der Waals surface area contributed by atoms with Crippen LogP contribution in [0.25, 0.3) is 200 Å². The Bertz CT molecular complexity index is 8360. The minimum atomic E-state index is 0.276. The van der Waals surface area contributed by atoms with Gasteiger partial charge in [0.05, 0.1) is 112 Å². The second-order valence-corrected chi connectivity index (χ2v) is 30.5. The summed E-state index contributed by atoms with van der Waals surface area (Å²) in [5, 5.41) is 73.3. The zero-order valence-corrected chi connectivity index (χ0v) is 66.3. The summed E-state index contributed by atoms with van der Waals surface area (Å²) in [6, 6.07) is 145. The number of pyridine rings is 2. The van der Waals surface area contributed by atoms with Crippen molar-refractivity contribution in [2.75, 3.05) is 0 Å². The van der Waals surface area contributed by atoms with Crippen molar-refractivity contribution in [1.29, 1.82) is 31.6 Å². The molecular weight excluding hydrogens is 1510 g/mol. The van der Waals surface area contributed by atoms with Crippen LogP contribution in [-0.2, 0) is 0 Å². The first-order valence-electron chi connectivity index (χ1n) is 40.6. The van der Waals surface area contributed by atoms with E-state index in [1.807, 2.05) is 182 Å². The normalized spacial score (nSPS) is 11.2. The van der Waals surface area contributed by atoms with Crippen LogP contribution in [0.3, 0.4) is 0 Å². The molecule has 6 heterocycles. The molecule has 0 spiro atoms. The van der Waals surface area contributed by atoms with Crippen LogP contribution in [-0.4, -0.2) is 28.2 Å². The average molecular weight is 1580 g/mol. The molecule has 0 unspecified atom stereocenters. The van der Waals surface area contributed by atoms with Gasteiger partial charge in [-0.15, -0.1) is 0 Å². The third-order valence-electron chi connectivity index (χ3n) is 23.7. The molecule has 124 heavy (non-hydrogen) atoms. The summed E-state index contributed by atoms with van der Waals surface area (Å²) in [6.45, 7) is 0. The van der Waals surface area contributed by atoms with Gasteiger partial charge in [-0.3, -0.25) is 0 Å². The van der Waals surface area contributed by atoms with Crippen LogP contribution >= 0.6 is 0 Å². The van der Waals surface area contributed by atoms with Crippen LogP contribution in [0.5, 0.6) is 0 Å². The molecule has 572 valence electrons. The molecule has 22 rings (SSSR count). The van der Waals surface area contributed by atoms with E-state index in [4.69, 9.17) is 9.97 Å². The Hall–Kier alpha value is -18.0. The third kappa shape index (κ3) is 12.2. The number of hydrogen-bond acceptors (Lipinski definition) is 8. The topological polar surface area (TPSA) is 188 Å². The van der Waals surface area contributed by atoms with Gasteiger partial charge in [0.15, 0.2) is 0 Å². The van der Waals surface area contributed by atoms with E-state index in [9.17, 15) is 31.6 Å². The largest absolute Gasteiger partial charge is 0.309 e. The van der Waals surface area contributed by atoms with E-state index < -0.39 is 0 Å². The molecule has 0 bridgehead atoms. The summed E-state index contributed by atoms with van der Waals surface area (Å²) in [5.41, 5.74) is 25.4. The maximum Gasteiger partial charge on any atom is 0.102 e. The predicted octanol–water partition coefficient (Wildman–Crippen LogP) is 27.1. The smallest absolute Gasteiger partial charge is 0.102 e. The Morgan fingerprint density at radius 3 is 0.790 bits per heavy atom. The molecular formula is C112H64N12. The van der Waals surface area contributed by atoms with E-state index in [0.29, 0.717) is 67.3 Å². The van der Waals surface area contributed by atoms with Crippen molar-refractivity contribution in [2.24, 2.45) is 0 Å². The highest BCUT2D eigenvalue weighted by Gasteiger charge is 2.29. The fourth-order valence-electron chi connectivity index (χ4n) is 18.2. The van der Waals surface area contributed by atoms with Gasteiger partial charge < -0.3 is 18.3 Å². The monoisotopic (exact) mass is 1580 g/mol. The molecule has 12 nitrogen and oxygen atoms in total. The second-order valence-electron chi connectivity index (χ2n) is 30.5. The van der Waals surface area contributed by atoms with E-state index >= 15 is 0 Å². The molecule has 0 N–H and O–H groups in total. The van der Waals surface area contributed by atoms with Gasteiger partial charge in [0.25, 0.3) is 0 Å². The Balaban J connectivity index is 0.000000152. The quantitative estimate of drug-likeness (QED) is 0.115. The Morgan fingerprint density at radius 1 is 0.177 bits per heavy atom. The van der Waals surface area contributed by atoms with Gasteiger partial charge in [-0.2, -0.15) is 31.6 Å². The van der Waals surface area contributed by atoms with Crippen molar-refractivity contribution in [3.05, 3.63) is 422 Å². The molecule has 6 aromatic heterocycles. The molecule has 0 atom stereocenters. The summed E-state index contributed by atoms with van der Waals surface area (Å²) in [7, 11) is 0. The van der Waals surface area contributed by atoms with Crippen molar-refractivity contribution in [3.8, 4) is 149 Å². The van der Waals surface area contributed by atoms with Crippen molar-refractivity contribution in [3.63, 3.8) is 0 Å². The lowest BCUT2D eigenvalue weighted by Crippen LogP contribution is -2.02. The van der Waals surface area contributed by atoms with Crippen LogP contribution in [0, 0.1) is 68.0 Å². The molecule has 0 radical (unpaired) electrons. The van der Waals surface area contributed by atoms with Crippen molar-refractivity contribution in [1.82, 2.24) is 28.2 Å². The molecule has 22 aromatic rings. The van der Waals surface area contributed by atoms with Crippen LogP contribution < -0.4 is 0 Å². The predicted molar refractivity (Wildman–Crippen MR) is 498 cm³/mol. The Labute approximate surface area is 712 Å². The Kier molecular flexibility index (Phi) is 18.3. The van der Waals surface area contributed by atoms with Gasteiger partial charge in [-0.25, -0.2) is 9.97 Å². The van der Waals surface area contributed by atoms with Crippen LogP contribution in [0.4, 0.5) is 0 Å². The highest BCUT2D eigenvalue weighted by Crippen LogP contribution is 2.47. The Morgan fingerprint density at radius 2 is 0.435 bits per heavy atom. The van der Waals surface area contributed by atoms with Gasteiger partial charge in [0.1, 0.15) is 24.3 Å².